The van der Waals surface area contributed by atoms with Crippen LogP contribution in [0.5, 0.6) is 11.5 Å². The second-order valence-electron chi connectivity index (χ2n) is 9.91. The molecule has 5 rings (SSSR count). The predicted molar refractivity (Wildman–Crippen MR) is 131 cm³/mol. The molecule has 1 aliphatic carbocycles. The van der Waals surface area contributed by atoms with Gasteiger partial charge in [-0.25, -0.2) is 4.98 Å². The minimum atomic E-state index is -3.01. The molecule has 1 aromatic carbocycles. The molecule has 38 heavy (non-hydrogen) atoms. The summed E-state index contributed by atoms with van der Waals surface area (Å²) >= 11 is 0. The molecule has 0 unspecified atom stereocenters. The Balaban J connectivity index is 1.41. The summed E-state index contributed by atoms with van der Waals surface area (Å²) in [5, 5.41) is 0. The Kier molecular flexibility index (Phi) is 7.80. The Labute approximate surface area is 219 Å². The maximum atomic E-state index is 13.7. The van der Waals surface area contributed by atoms with Crippen LogP contribution in [0.2, 0.25) is 0 Å². The van der Waals surface area contributed by atoms with Crippen LogP contribution in [0.25, 0.3) is 11.5 Å². The number of benzene rings is 1. The van der Waals surface area contributed by atoms with Crippen LogP contribution in [0.3, 0.4) is 0 Å². The molecule has 2 aromatic rings. The van der Waals surface area contributed by atoms with Crippen molar-refractivity contribution < 1.29 is 37.0 Å². The fraction of sp³-hybridized carbons (Fsp3) is 0.577. The Morgan fingerprint density at radius 2 is 1.92 bits per heavy atom. The monoisotopic (exact) mass is 534 g/mol. The molecule has 0 bridgehead atoms. The number of halogens is 2. The first-order valence-corrected chi connectivity index (χ1v) is 13.0. The third kappa shape index (κ3) is 5.75. The van der Waals surface area contributed by atoms with Gasteiger partial charge in [0.15, 0.2) is 23.0 Å². The number of ether oxygens (including phenoxy) is 3. The van der Waals surface area contributed by atoms with Crippen LogP contribution in [0.1, 0.15) is 54.9 Å². The topological polar surface area (TPSA) is 120 Å². The van der Waals surface area contributed by atoms with Crippen molar-refractivity contribution in [2.45, 2.75) is 51.3 Å². The number of likely N-dealkylation sites (tertiary alicyclic amines) is 1. The van der Waals surface area contributed by atoms with Gasteiger partial charge in [-0.3, -0.25) is 9.59 Å². The SMILES string of the molecule is C[C@H](N)c1oc(-c2ccc(OC(F)F)c(OCC3CC3)c2)nc1C(=O)N1CCC[C@H]1C(=O)N1CCOCC1. The summed E-state index contributed by atoms with van der Waals surface area (Å²) in [5.41, 5.74) is 6.58. The average Bonchev–Trinajstić information content (AvgIpc) is 3.42. The number of alkyl halides is 2. The lowest BCUT2D eigenvalue weighted by atomic mass is 10.1. The van der Waals surface area contributed by atoms with Gasteiger partial charge in [0.1, 0.15) is 6.04 Å². The van der Waals surface area contributed by atoms with Gasteiger partial charge in [-0.1, -0.05) is 0 Å². The van der Waals surface area contributed by atoms with E-state index in [1.54, 1.807) is 11.8 Å². The highest BCUT2D eigenvalue weighted by molar-refractivity contribution is 5.97. The number of oxazole rings is 1. The minimum Gasteiger partial charge on any atom is -0.489 e. The van der Waals surface area contributed by atoms with Gasteiger partial charge in [0.25, 0.3) is 5.91 Å². The number of hydrogen-bond donors (Lipinski definition) is 1. The van der Waals surface area contributed by atoms with Crippen molar-refractivity contribution in [3.8, 4) is 23.0 Å². The minimum absolute atomic E-state index is 0.0324. The number of nitrogens with zero attached hydrogens (tertiary/aromatic N) is 3. The Morgan fingerprint density at radius 3 is 2.61 bits per heavy atom. The summed E-state index contributed by atoms with van der Waals surface area (Å²) in [4.78, 5) is 34.6. The molecule has 0 spiro atoms. The summed E-state index contributed by atoms with van der Waals surface area (Å²) in [5.74, 6) is 0.178. The largest absolute Gasteiger partial charge is 0.489 e. The molecule has 0 radical (unpaired) electrons. The first kappa shape index (κ1) is 26.4. The first-order chi connectivity index (χ1) is 18.3. The standard InChI is InChI=1S/C26H32F2N4O6/c1-15(29)22-21(25(34)32-8-2-3-18(32)24(33)31-9-11-35-12-10-31)30-23(38-22)17-6-7-19(37-26(27)28)20(13-17)36-14-16-4-5-16/h6-7,13,15-16,18,26H,2-5,8-12,14,29H2,1H3/t15-,18-/m0/s1. The van der Waals surface area contributed by atoms with Crippen LogP contribution in [0, 0.1) is 5.92 Å². The number of carbonyl (C=O) groups excluding carboxylic acids is 2. The molecule has 1 saturated carbocycles. The van der Waals surface area contributed by atoms with Gasteiger partial charge < -0.3 is 34.2 Å². The smallest absolute Gasteiger partial charge is 0.387 e. The summed E-state index contributed by atoms with van der Waals surface area (Å²) < 4.78 is 47.5. The molecular formula is C26H32F2N4O6. The van der Waals surface area contributed by atoms with Crippen LogP contribution in [-0.4, -0.2) is 78.7 Å². The zero-order valence-corrected chi connectivity index (χ0v) is 21.2. The Morgan fingerprint density at radius 1 is 1.16 bits per heavy atom. The van der Waals surface area contributed by atoms with Crippen LogP contribution in [0.4, 0.5) is 8.78 Å². The van der Waals surface area contributed by atoms with Crippen molar-refractivity contribution in [1.82, 2.24) is 14.8 Å². The van der Waals surface area contributed by atoms with E-state index in [4.69, 9.17) is 19.6 Å². The third-order valence-corrected chi connectivity index (χ3v) is 6.97. The van der Waals surface area contributed by atoms with E-state index in [0.29, 0.717) is 63.8 Å². The molecule has 2 saturated heterocycles. The van der Waals surface area contributed by atoms with Crippen LogP contribution in [0.15, 0.2) is 22.6 Å². The number of carbonyl (C=O) groups is 2. The maximum Gasteiger partial charge on any atom is 0.387 e. The van der Waals surface area contributed by atoms with E-state index in [1.807, 2.05) is 0 Å². The molecule has 2 aliphatic heterocycles. The fourth-order valence-electron chi connectivity index (χ4n) is 4.75. The van der Waals surface area contributed by atoms with Crippen molar-refractivity contribution in [2.24, 2.45) is 11.7 Å². The number of aromatic nitrogens is 1. The quantitative estimate of drug-likeness (QED) is 0.521. The molecule has 206 valence electrons. The van der Waals surface area contributed by atoms with E-state index < -0.39 is 24.6 Å². The summed E-state index contributed by atoms with van der Waals surface area (Å²) in [7, 11) is 0. The lowest BCUT2D eigenvalue weighted by molar-refractivity contribution is -0.139. The van der Waals surface area contributed by atoms with Gasteiger partial charge in [-0.15, -0.1) is 0 Å². The summed E-state index contributed by atoms with van der Waals surface area (Å²) in [6, 6.07) is 3.13. The Bertz CT molecular complexity index is 1160. The van der Waals surface area contributed by atoms with E-state index in [-0.39, 0.29) is 34.8 Å². The fourth-order valence-corrected chi connectivity index (χ4v) is 4.75. The number of nitrogens with two attached hydrogens (primary N) is 1. The van der Waals surface area contributed by atoms with Crippen molar-refractivity contribution in [3.63, 3.8) is 0 Å². The molecular weight excluding hydrogens is 502 g/mol. The van der Waals surface area contributed by atoms with Crippen molar-refractivity contribution in [3.05, 3.63) is 29.7 Å². The lowest BCUT2D eigenvalue weighted by Gasteiger charge is -2.32. The first-order valence-electron chi connectivity index (χ1n) is 13.0. The maximum absolute atomic E-state index is 13.7. The number of hydrogen-bond acceptors (Lipinski definition) is 8. The molecule has 1 aromatic heterocycles. The van der Waals surface area contributed by atoms with Gasteiger partial charge in [0.2, 0.25) is 11.8 Å². The highest BCUT2D eigenvalue weighted by Crippen LogP contribution is 2.37. The van der Waals surface area contributed by atoms with Crippen molar-refractivity contribution >= 4 is 11.8 Å². The number of rotatable bonds is 9. The highest BCUT2D eigenvalue weighted by atomic mass is 19.3. The van der Waals surface area contributed by atoms with Gasteiger partial charge in [-0.2, -0.15) is 8.78 Å². The normalized spacial score (nSPS) is 20.6. The van der Waals surface area contributed by atoms with Crippen LogP contribution >= 0.6 is 0 Å². The third-order valence-electron chi connectivity index (χ3n) is 6.97. The molecule has 3 heterocycles. The molecule has 2 N–H and O–H groups in total. The molecule has 3 aliphatic rings. The van der Waals surface area contributed by atoms with E-state index >= 15 is 0 Å². The van der Waals surface area contributed by atoms with E-state index in [2.05, 4.69) is 9.72 Å². The second kappa shape index (κ2) is 11.2. The van der Waals surface area contributed by atoms with E-state index in [0.717, 1.165) is 12.8 Å². The van der Waals surface area contributed by atoms with E-state index in [9.17, 15) is 18.4 Å². The molecule has 10 nitrogen and oxygen atoms in total. The molecule has 3 fully saturated rings. The van der Waals surface area contributed by atoms with Crippen LogP contribution < -0.4 is 15.2 Å². The molecule has 2 amide bonds. The van der Waals surface area contributed by atoms with Crippen molar-refractivity contribution in [2.75, 3.05) is 39.5 Å². The number of morpholine rings is 1. The van der Waals surface area contributed by atoms with Gasteiger partial charge in [0, 0.05) is 25.2 Å². The number of amides is 2. The summed E-state index contributed by atoms with van der Waals surface area (Å²) in [6.45, 7) is 1.40. The highest BCUT2D eigenvalue weighted by Gasteiger charge is 2.39. The molecule has 2 atom stereocenters. The summed E-state index contributed by atoms with van der Waals surface area (Å²) in [6.07, 6.45) is 3.31. The predicted octanol–water partition coefficient (Wildman–Crippen LogP) is 3.21. The average molecular weight is 535 g/mol. The van der Waals surface area contributed by atoms with Gasteiger partial charge in [-0.05, 0) is 56.7 Å². The van der Waals surface area contributed by atoms with Crippen molar-refractivity contribution in [1.29, 1.82) is 0 Å². The zero-order valence-electron chi connectivity index (χ0n) is 21.2. The Hall–Kier alpha value is -3.25. The zero-order chi connectivity index (χ0) is 26.8. The molecule has 12 heteroatoms. The van der Waals surface area contributed by atoms with Gasteiger partial charge >= 0.3 is 6.61 Å². The lowest BCUT2D eigenvalue weighted by Crippen LogP contribution is -2.51. The van der Waals surface area contributed by atoms with E-state index in [1.165, 1.54) is 23.1 Å². The van der Waals surface area contributed by atoms with Gasteiger partial charge in [0.05, 0.1) is 25.9 Å². The second-order valence-corrected chi connectivity index (χ2v) is 9.91. The van der Waals surface area contributed by atoms with Crippen LogP contribution in [-0.2, 0) is 9.53 Å².